The number of halogens is 2. The molecule has 0 saturated carbocycles. The normalized spacial score (nSPS) is 10.7. The molecule has 0 aliphatic heterocycles. The van der Waals surface area contributed by atoms with Gasteiger partial charge in [0.1, 0.15) is 0 Å². The first-order valence-corrected chi connectivity index (χ1v) is 6.55. The van der Waals surface area contributed by atoms with Gasteiger partial charge in [0.2, 0.25) is 5.82 Å². The van der Waals surface area contributed by atoms with Crippen molar-refractivity contribution in [2.24, 2.45) is 0 Å². The van der Waals surface area contributed by atoms with Gasteiger partial charge in [-0.2, -0.15) is 4.98 Å². The van der Waals surface area contributed by atoms with Crippen LogP contribution in [0.5, 0.6) is 0 Å². The highest BCUT2D eigenvalue weighted by Gasteiger charge is 2.14. The molecule has 4 nitrogen and oxygen atoms in total. The van der Waals surface area contributed by atoms with E-state index in [0.29, 0.717) is 33.0 Å². The highest BCUT2D eigenvalue weighted by Crippen LogP contribution is 2.31. The Balaban J connectivity index is 2.02. The van der Waals surface area contributed by atoms with Crippen molar-refractivity contribution < 1.29 is 4.52 Å². The van der Waals surface area contributed by atoms with Gasteiger partial charge in [0.25, 0.3) is 5.89 Å². The summed E-state index contributed by atoms with van der Waals surface area (Å²) in [5.74, 6) is 0.797. The molecule has 0 saturated heterocycles. The molecule has 0 amide bonds. The molecule has 0 aliphatic carbocycles. The summed E-state index contributed by atoms with van der Waals surface area (Å²) in [4.78, 5) is 4.32. The summed E-state index contributed by atoms with van der Waals surface area (Å²) in [6.45, 7) is 0. The second kappa shape index (κ2) is 5.15. The van der Waals surface area contributed by atoms with Crippen LogP contribution < -0.4 is 5.73 Å². The molecular formula is C14H9Cl2N3O. The van der Waals surface area contributed by atoms with E-state index >= 15 is 0 Å². The lowest BCUT2D eigenvalue weighted by Crippen LogP contribution is -1.91. The van der Waals surface area contributed by atoms with Crippen LogP contribution in [0, 0.1) is 0 Å². The summed E-state index contributed by atoms with van der Waals surface area (Å²) < 4.78 is 5.24. The van der Waals surface area contributed by atoms with E-state index < -0.39 is 0 Å². The number of hydrogen-bond acceptors (Lipinski definition) is 4. The average Bonchev–Trinajstić information content (AvgIpc) is 2.92. The number of anilines is 1. The van der Waals surface area contributed by atoms with E-state index in [2.05, 4.69) is 10.1 Å². The van der Waals surface area contributed by atoms with Gasteiger partial charge in [-0.05, 0) is 36.4 Å². The Morgan fingerprint density at radius 3 is 2.50 bits per heavy atom. The van der Waals surface area contributed by atoms with E-state index in [1.54, 1.807) is 30.3 Å². The molecule has 3 rings (SSSR count). The summed E-state index contributed by atoms with van der Waals surface area (Å²) in [7, 11) is 0. The quantitative estimate of drug-likeness (QED) is 0.717. The van der Waals surface area contributed by atoms with Crippen LogP contribution in [0.2, 0.25) is 10.0 Å². The molecule has 100 valence electrons. The molecule has 2 N–H and O–H groups in total. The lowest BCUT2D eigenvalue weighted by molar-refractivity contribution is 0.432. The Morgan fingerprint density at radius 1 is 1.00 bits per heavy atom. The Labute approximate surface area is 125 Å². The van der Waals surface area contributed by atoms with E-state index in [4.69, 9.17) is 33.5 Å². The van der Waals surface area contributed by atoms with Gasteiger partial charge in [0.05, 0.1) is 16.3 Å². The van der Waals surface area contributed by atoms with Gasteiger partial charge in [-0.3, -0.25) is 0 Å². The molecule has 0 radical (unpaired) electrons. The Bertz CT molecular complexity index is 753. The van der Waals surface area contributed by atoms with Crippen molar-refractivity contribution in [1.29, 1.82) is 0 Å². The van der Waals surface area contributed by atoms with Gasteiger partial charge >= 0.3 is 0 Å². The lowest BCUT2D eigenvalue weighted by atomic mass is 10.2. The molecule has 0 unspecified atom stereocenters. The van der Waals surface area contributed by atoms with Crippen molar-refractivity contribution >= 4 is 28.9 Å². The number of nitrogens with zero attached hydrogens (tertiary/aromatic N) is 2. The summed E-state index contributed by atoms with van der Waals surface area (Å²) in [6.07, 6.45) is 0. The average molecular weight is 306 g/mol. The van der Waals surface area contributed by atoms with Gasteiger partial charge < -0.3 is 10.3 Å². The first-order valence-electron chi connectivity index (χ1n) is 5.79. The van der Waals surface area contributed by atoms with E-state index in [9.17, 15) is 0 Å². The van der Waals surface area contributed by atoms with Crippen LogP contribution in [0.4, 0.5) is 5.69 Å². The maximum absolute atomic E-state index is 5.98. The maximum atomic E-state index is 5.98. The third kappa shape index (κ3) is 2.35. The van der Waals surface area contributed by atoms with Crippen LogP contribution in [0.15, 0.2) is 47.0 Å². The fourth-order valence-corrected chi connectivity index (χ4v) is 2.07. The third-order valence-corrected chi connectivity index (χ3v) is 3.39. The predicted molar refractivity (Wildman–Crippen MR) is 79.6 cm³/mol. The minimum atomic E-state index is 0.329. The zero-order valence-electron chi connectivity index (χ0n) is 10.2. The molecule has 3 aromatic rings. The third-order valence-electron chi connectivity index (χ3n) is 2.81. The zero-order chi connectivity index (χ0) is 14.1. The van der Waals surface area contributed by atoms with Crippen molar-refractivity contribution in [2.45, 2.75) is 0 Å². The van der Waals surface area contributed by atoms with Crippen LogP contribution in [0.25, 0.3) is 22.8 Å². The minimum Gasteiger partial charge on any atom is -0.397 e. The Morgan fingerprint density at radius 2 is 1.75 bits per heavy atom. The fourth-order valence-electron chi connectivity index (χ4n) is 1.77. The van der Waals surface area contributed by atoms with Gasteiger partial charge in [0, 0.05) is 10.6 Å². The Kier molecular flexibility index (Phi) is 3.34. The first kappa shape index (κ1) is 13.0. The van der Waals surface area contributed by atoms with E-state index in [1.165, 1.54) is 0 Å². The van der Waals surface area contributed by atoms with Gasteiger partial charge in [0.15, 0.2) is 0 Å². The summed E-state index contributed by atoms with van der Waals surface area (Å²) in [5, 5.41) is 5.04. The first-order chi connectivity index (χ1) is 9.65. The molecule has 0 spiro atoms. The van der Waals surface area contributed by atoms with E-state index in [0.717, 1.165) is 5.56 Å². The number of rotatable bonds is 2. The second-order valence-corrected chi connectivity index (χ2v) is 4.97. The molecule has 1 aromatic heterocycles. The van der Waals surface area contributed by atoms with Crippen molar-refractivity contribution in [3.8, 4) is 22.8 Å². The number of nitrogen functional groups attached to an aromatic ring is 1. The monoisotopic (exact) mass is 305 g/mol. The molecule has 0 atom stereocenters. The van der Waals surface area contributed by atoms with Crippen LogP contribution in [-0.4, -0.2) is 10.1 Å². The number of benzene rings is 2. The van der Waals surface area contributed by atoms with Crippen molar-refractivity contribution in [3.63, 3.8) is 0 Å². The number of aromatic nitrogens is 2. The van der Waals surface area contributed by atoms with Gasteiger partial charge in [-0.15, -0.1) is 0 Å². The minimum absolute atomic E-state index is 0.329. The molecule has 20 heavy (non-hydrogen) atoms. The number of hydrogen-bond donors (Lipinski definition) is 1. The number of nitrogens with two attached hydrogens (primary N) is 1. The highest BCUT2D eigenvalue weighted by molar-refractivity contribution is 6.33. The number of para-hydroxylation sites is 1. The summed E-state index contributed by atoms with van der Waals surface area (Å²) in [5.41, 5.74) is 7.75. The fraction of sp³-hybridized carbons (Fsp3) is 0. The molecule has 1 heterocycles. The van der Waals surface area contributed by atoms with E-state index in [-0.39, 0.29) is 0 Å². The van der Waals surface area contributed by atoms with Crippen molar-refractivity contribution in [1.82, 2.24) is 10.1 Å². The zero-order valence-corrected chi connectivity index (χ0v) is 11.7. The molecule has 0 bridgehead atoms. The standard InChI is InChI=1S/C14H9Cl2N3O/c15-9-6-4-8(5-7-9)13-18-14(20-19-13)10-2-1-3-11(16)12(10)17/h1-7H,17H2. The van der Waals surface area contributed by atoms with Crippen LogP contribution in [0.1, 0.15) is 0 Å². The molecule has 6 heteroatoms. The molecule has 2 aromatic carbocycles. The van der Waals surface area contributed by atoms with Crippen LogP contribution in [0.3, 0.4) is 0 Å². The van der Waals surface area contributed by atoms with Crippen molar-refractivity contribution in [3.05, 3.63) is 52.5 Å². The smallest absolute Gasteiger partial charge is 0.260 e. The topological polar surface area (TPSA) is 64.9 Å². The van der Waals surface area contributed by atoms with Crippen molar-refractivity contribution in [2.75, 3.05) is 5.73 Å². The highest BCUT2D eigenvalue weighted by atomic mass is 35.5. The SMILES string of the molecule is Nc1c(Cl)cccc1-c1nc(-c2ccc(Cl)cc2)no1. The molecule has 0 fully saturated rings. The summed E-state index contributed by atoms with van der Waals surface area (Å²) in [6, 6.07) is 12.4. The van der Waals surface area contributed by atoms with Crippen LogP contribution >= 0.6 is 23.2 Å². The van der Waals surface area contributed by atoms with Gasteiger partial charge in [-0.1, -0.05) is 34.4 Å². The predicted octanol–water partition coefficient (Wildman–Crippen LogP) is 4.29. The van der Waals surface area contributed by atoms with Gasteiger partial charge in [-0.25, -0.2) is 0 Å². The maximum Gasteiger partial charge on any atom is 0.260 e. The molecular weight excluding hydrogens is 297 g/mol. The second-order valence-electron chi connectivity index (χ2n) is 4.13. The van der Waals surface area contributed by atoms with Crippen LogP contribution in [-0.2, 0) is 0 Å². The lowest BCUT2D eigenvalue weighted by Gasteiger charge is -2.01. The largest absolute Gasteiger partial charge is 0.397 e. The molecule has 0 aliphatic rings. The Hall–Kier alpha value is -2.04. The van der Waals surface area contributed by atoms with E-state index in [1.807, 2.05) is 12.1 Å². The summed E-state index contributed by atoms with van der Waals surface area (Å²) >= 11 is 11.8.